The number of aryl methyl sites for hydroxylation is 2. The molecule has 0 saturated carbocycles. The molecule has 0 spiro atoms. The molecule has 0 heterocycles. The van der Waals surface area contributed by atoms with Crippen molar-refractivity contribution in [2.24, 2.45) is 5.73 Å². The lowest BCUT2D eigenvalue weighted by Crippen LogP contribution is -2.37. The Labute approximate surface area is 174 Å². The molecule has 29 heavy (non-hydrogen) atoms. The Morgan fingerprint density at radius 1 is 1.10 bits per heavy atom. The van der Waals surface area contributed by atoms with Gasteiger partial charge in [0.25, 0.3) is 0 Å². The number of hydrogen-bond acceptors (Lipinski definition) is 3. The van der Waals surface area contributed by atoms with Crippen LogP contribution in [0.3, 0.4) is 0 Å². The van der Waals surface area contributed by atoms with Crippen LogP contribution in [-0.4, -0.2) is 17.1 Å². The second-order valence-corrected chi connectivity index (χ2v) is 7.79. The van der Waals surface area contributed by atoms with E-state index in [0.29, 0.717) is 22.9 Å². The van der Waals surface area contributed by atoms with Crippen LogP contribution in [0.25, 0.3) is 11.1 Å². The molecule has 3 aromatic rings. The van der Waals surface area contributed by atoms with Gasteiger partial charge in [0.05, 0.1) is 10.9 Å². The quantitative estimate of drug-likeness (QED) is 0.594. The zero-order valence-electron chi connectivity index (χ0n) is 16.1. The smallest absolute Gasteiger partial charge is 0.312 e. The molecule has 4 nitrogen and oxygen atoms in total. The first kappa shape index (κ1) is 19.5. The Kier molecular flexibility index (Phi) is 5.31. The molecule has 0 bridgehead atoms. The summed E-state index contributed by atoms with van der Waals surface area (Å²) in [4.78, 5) is 11.8. The van der Waals surface area contributed by atoms with Gasteiger partial charge in [0.15, 0.2) is 0 Å². The predicted molar refractivity (Wildman–Crippen MR) is 115 cm³/mol. The third-order valence-electron chi connectivity index (χ3n) is 5.49. The molecule has 0 aromatic heterocycles. The Balaban J connectivity index is 1.73. The number of para-hydroxylation sites is 1. The summed E-state index contributed by atoms with van der Waals surface area (Å²) in [6.45, 7) is 1.97. The number of ether oxygens (including phenoxy) is 1. The second-order valence-electron chi connectivity index (χ2n) is 7.41. The molecule has 0 amide bonds. The molecule has 2 atom stereocenters. The van der Waals surface area contributed by atoms with E-state index in [1.54, 1.807) is 0 Å². The van der Waals surface area contributed by atoms with E-state index in [-0.39, 0.29) is 0 Å². The number of nitrogens with two attached hydrogens (primary N) is 1. The van der Waals surface area contributed by atoms with Crippen molar-refractivity contribution in [3.05, 3.63) is 82.4 Å². The van der Waals surface area contributed by atoms with Crippen molar-refractivity contribution in [1.82, 2.24) is 0 Å². The monoisotopic (exact) mass is 407 g/mol. The van der Waals surface area contributed by atoms with Gasteiger partial charge < -0.3 is 15.6 Å². The summed E-state index contributed by atoms with van der Waals surface area (Å²) in [5.41, 5.74) is 10.6. The Morgan fingerprint density at radius 2 is 1.86 bits per heavy atom. The van der Waals surface area contributed by atoms with Gasteiger partial charge in [-0.3, -0.25) is 4.79 Å². The number of halogens is 1. The van der Waals surface area contributed by atoms with E-state index in [4.69, 9.17) is 22.1 Å². The van der Waals surface area contributed by atoms with Crippen molar-refractivity contribution in [1.29, 1.82) is 0 Å². The number of hydrogen-bond donors (Lipinski definition) is 2. The molecular formula is C24H22ClNO3. The molecule has 0 fully saturated rings. The Hall–Kier alpha value is -2.82. The van der Waals surface area contributed by atoms with Gasteiger partial charge >= 0.3 is 5.97 Å². The first-order chi connectivity index (χ1) is 14.0. The lowest BCUT2D eigenvalue weighted by Gasteiger charge is -2.28. The van der Waals surface area contributed by atoms with Crippen molar-refractivity contribution in [3.8, 4) is 22.6 Å². The number of benzene rings is 3. The first-order valence-corrected chi connectivity index (χ1v) is 9.97. The summed E-state index contributed by atoms with van der Waals surface area (Å²) in [6, 6.07) is 18.8. The van der Waals surface area contributed by atoms with Crippen molar-refractivity contribution < 1.29 is 14.6 Å². The van der Waals surface area contributed by atoms with Gasteiger partial charge in [-0.05, 0) is 54.7 Å². The van der Waals surface area contributed by atoms with Gasteiger partial charge in [-0.25, -0.2) is 0 Å². The summed E-state index contributed by atoms with van der Waals surface area (Å²) in [5, 5.41) is 10.3. The van der Waals surface area contributed by atoms with Crippen LogP contribution in [-0.2, 0) is 11.2 Å². The summed E-state index contributed by atoms with van der Waals surface area (Å²) >= 11 is 6.53. The van der Waals surface area contributed by atoms with Gasteiger partial charge in [0.1, 0.15) is 11.5 Å². The molecule has 0 radical (unpaired) electrons. The van der Waals surface area contributed by atoms with Gasteiger partial charge in [0, 0.05) is 17.2 Å². The predicted octanol–water partition coefficient (Wildman–Crippen LogP) is 5.55. The standard InChI is InChI=1S/C24H22ClNO3/c1-14-5-4-7-18(23(14)25)17-6-2-3-8-21(17)29-16-11-9-15-10-12-20(26)22(24(27)28)19(15)13-16/h2-9,11,13,20,22H,10,12,26H2,1H3,(H,27,28). The van der Waals surface area contributed by atoms with Crippen LogP contribution in [0, 0.1) is 6.92 Å². The zero-order chi connectivity index (χ0) is 20.5. The van der Waals surface area contributed by atoms with Crippen LogP contribution in [0.5, 0.6) is 11.5 Å². The first-order valence-electron chi connectivity index (χ1n) is 9.59. The highest BCUT2D eigenvalue weighted by molar-refractivity contribution is 6.34. The van der Waals surface area contributed by atoms with Crippen LogP contribution in [0.4, 0.5) is 0 Å². The van der Waals surface area contributed by atoms with Gasteiger partial charge in [0.2, 0.25) is 0 Å². The largest absolute Gasteiger partial charge is 0.481 e. The highest BCUT2D eigenvalue weighted by Crippen LogP contribution is 2.40. The van der Waals surface area contributed by atoms with E-state index in [2.05, 4.69) is 0 Å². The average Bonchev–Trinajstić information content (AvgIpc) is 2.70. The van der Waals surface area contributed by atoms with Crippen LogP contribution < -0.4 is 10.5 Å². The summed E-state index contributed by atoms with van der Waals surface area (Å²) < 4.78 is 6.20. The highest BCUT2D eigenvalue weighted by atomic mass is 35.5. The topological polar surface area (TPSA) is 72.5 Å². The minimum absolute atomic E-state index is 0.395. The van der Waals surface area contributed by atoms with Crippen molar-refractivity contribution >= 4 is 17.6 Å². The SMILES string of the molecule is Cc1cccc(-c2ccccc2Oc2ccc3c(c2)C(C(=O)O)C(N)CC3)c1Cl. The third-order valence-corrected chi connectivity index (χ3v) is 5.99. The normalized spacial score (nSPS) is 18.2. The minimum atomic E-state index is -0.900. The fourth-order valence-electron chi connectivity index (χ4n) is 3.95. The Morgan fingerprint density at radius 3 is 2.66 bits per heavy atom. The van der Waals surface area contributed by atoms with E-state index in [1.165, 1.54) is 0 Å². The lowest BCUT2D eigenvalue weighted by molar-refractivity contribution is -0.139. The van der Waals surface area contributed by atoms with Crippen LogP contribution in [0.15, 0.2) is 60.7 Å². The molecule has 0 saturated heterocycles. The maximum atomic E-state index is 11.8. The molecule has 1 aliphatic rings. The molecule has 4 rings (SSSR count). The highest BCUT2D eigenvalue weighted by Gasteiger charge is 2.33. The molecule has 2 unspecified atom stereocenters. The molecule has 5 heteroatoms. The van der Waals surface area contributed by atoms with Crippen molar-refractivity contribution in [2.45, 2.75) is 31.7 Å². The number of aliphatic carboxylic acids is 1. The molecule has 148 valence electrons. The van der Waals surface area contributed by atoms with Gasteiger partial charge in [-0.15, -0.1) is 0 Å². The number of carboxylic acid groups (broad SMARTS) is 1. The van der Waals surface area contributed by atoms with E-state index in [1.807, 2.05) is 67.6 Å². The zero-order valence-corrected chi connectivity index (χ0v) is 16.8. The average molecular weight is 408 g/mol. The fourth-order valence-corrected chi connectivity index (χ4v) is 4.18. The maximum Gasteiger partial charge on any atom is 0.312 e. The molecule has 0 aliphatic heterocycles. The molecule has 3 N–H and O–H groups in total. The van der Waals surface area contributed by atoms with Crippen molar-refractivity contribution in [3.63, 3.8) is 0 Å². The maximum absolute atomic E-state index is 11.8. The van der Waals surface area contributed by atoms with E-state index in [9.17, 15) is 9.90 Å². The summed E-state index contributed by atoms with van der Waals surface area (Å²) in [7, 11) is 0. The number of rotatable bonds is 4. The number of carbonyl (C=O) groups is 1. The number of fused-ring (bicyclic) bond motifs is 1. The van der Waals surface area contributed by atoms with Crippen molar-refractivity contribution in [2.75, 3.05) is 0 Å². The van der Waals surface area contributed by atoms with E-state index >= 15 is 0 Å². The molecular weight excluding hydrogens is 386 g/mol. The second kappa shape index (κ2) is 7.90. The van der Waals surface area contributed by atoms with Crippen LogP contribution in [0.1, 0.15) is 29.0 Å². The van der Waals surface area contributed by atoms with Crippen LogP contribution >= 0.6 is 11.6 Å². The summed E-state index contributed by atoms with van der Waals surface area (Å²) in [6.07, 6.45) is 1.44. The Bertz CT molecular complexity index is 1080. The van der Waals surface area contributed by atoms with Gasteiger partial charge in [-0.2, -0.15) is 0 Å². The number of carboxylic acids is 1. The lowest BCUT2D eigenvalue weighted by atomic mass is 9.79. The molecule has 1 aliphatic carbocycles. The van der Waals surface area contributed by atoms with Gasteiger partial charge in [-0.1, -0.05) is 54.1 Å². The summed E-state index contributed by atoms with van der Waals surface area (Å²) in [5.74, 6) is -0.376. The minimum Gasteiger partial charge on any atom is -0.481 e. The van der Waals surface area contributed by atoms with E-state index < -0.39 is 17.9 Å². The third kappa shape index (κ3) is 3.74. The fraction of sp³-hybridized carbons (Fsp3) is 0.208. The van der Waals surface area contributed by atoms with Crippen LogP contribution in [0.2, 0.25) is 5.02 Å². The van der Waals surface area contributed by atoms with E-state index in [0.717, 1.165) is 34.2 Å². The molecule has 3 aromatic carbocycles.